The fraction of sp³-hybridized carbons (Fsp3) is 0.391. The van der Waals surface area contributed by atoms with Crippen LogP contribution >= 0.6 is 22.7 Å². The van der Waals surface area contributed by atoms with Gasteiger partial charge in [0.25, 0.3) is 0 Å². The molecule has 4 saturated heterocycles. The van der Waals surface area contributed by atoms with Crippen molar-refractivity contribution in [3.63, 3.8) is 0 Å². The molecule has 2 unspecified atom stereocenters. The van der Waals surface area contributed by atoms with E-state index in [0.717, 1.165) is 36.8 Å². The summed E-state index contributed by atoms with van der Waals surface area (Å²) < 4.78 is 0. The summed E-state index contributed by atoms with van der Waals surface area (Å²) in [5.41, 5.74) is 3.13. The van der Waals surface area contributed by atoms with Gasteiger partial charge in [0, 0.05) is 73.2 Å². The molecule has 2 aromatic heterocycles. The van der Waals surface area contributed by atoms with E-state index in [4.69, 9.17) is 0 Å². The summed E-state index contributed by atoms with van der Waals surface area (Å²) >= 11 is 3.33. The molecule has 4 atom stereocenters. The molecule has 312 valence electrons. The van der Waals surface area contributed by atoms with Crippen molar-refractivity contribution in [3.8, 4) is 0 Å². The molecule has 2 aromatic carbocycles. The van der Waals surface area contributed by atoms with Crippen molar-refractivity contribution in [1.82, 2.24) is 19.6 Å². The highest BCUT2D eigenvalue weighted by Gasteiger charge is 2.43. The van der Waals surface area contributed by atoms with Gasteiger partial charge in [-0.05, 0) is 96.8 Å². The van der Waals surface area contributed by atoms with Crippen LogP contribution in [0, 0.1) is 11.8 Å². The molecule has 14 heteroatoms. The first-order chi connectivity index (χ1) is 29.2. The molecule has 4 fully saturated rings. The largest absolute Gasteiger partial charge is 0.342 e. The summed E-state index contributed by atoms with van der Waals surface area (Å²) in [5.74, 6) is -1.54. The maximum atomic E-state index is 13.5. The fourth-order valence-electron chi connectivity index (χ4n) is 8.78. The third-order valence-corrected chi connectivity index (χ3v) is 13.9. The van der Waals surface area contributed by atoms with E-state index in [9.17, 15) is 28.8 Å². The monoisotopic (exact) mass is 846 g/mol. The molecule has 60 heavy (non-hydrogen) atoms. The molecule has 8 rings (SSSR count). The molecule has 0 saturated carbocycles. The quantitative estimate of drug-likeness (QED) is 0.149. The molecule has 4 aliphatic heterocycles. The average molecular weight is 847 g/mol. The topological polar surface area (TPSA) is 139 Å². The number of nitrogens with zero attached hydrogens (tertiary/aromatic N) is 4. The molecule has 0 spiro atoms. The van der Waals surface area contributed by atoms with Crippen molar-refractivity contribution >= 4 is 81.6 Å². The lowest BCUT2D eigenvalue weighted by molar-refractivity contribution is -0.140. The first-order valence-electron chi connectivity index (χ1n) is 20.9. The van der Waals surface area contributed by atoms with Crippen LogP contribution in [0.25, 0.3) is 12.2 Å². The lowest BCUT2D eigenvalue weighted by atomic mass is 10.1. The minimum absolute atomic E-state index is 0.00455. The molecule has 4 aliphatic rings. The Morgan fingerprint density at radius 1 is 0.600 bits per heavy atom. The van der Waals surface area contributed by atoms with Crippen LogP contribution in [0.3, 0.4) is 0 Å². The van der Waals surface area contributed by atoms with E-state index < -0.39 is 23.9 Å². The molecule has 12 nitrogen and oxygen atoms in total. The second kappa shape index (κ2) is 18.8. The van der Waals surface area contributed by atoms with Crippen molar-refractivity contribution in [3.05, 3.63) is 104 Å². The molecule has 0 aliphatic carbocycles. The Balaban J connectivity index is 0.787. The fourth-order valence-corrected chi connectivity index (χ4v) is 10.2. The molecule has 0 radical (unpaired) electrons. The molecule has 4 aromatic rings. The minimum atomic E-state index is -0.568. The average Bonchev–Trinajstić information content (AvgIpc) is 4.12. The smallest absolute Gasteiger partial charge is 0.247 e. The third kappa shape index (κ3) is 9.71. The summed E-state index contributed by atoms with van der Waals surface area (Å²) in [6.45, 7) is 3.00. The number of benzene rings is 2. The lowest BCUT2D eigenvalue weighted by Gasteiger charge is -2.26. The maximum absolute atomic E-state index is 13.5. The van der Waals surface area contributed by atoms with Crippen molar-refractivity contribution in [2.75, 3.05) is 49.9 Å². The van der Waals surface area contributed by atoms with Gasteiger partial charge in [-0.15, -0.1) is 22.7 Å². The van der Waals surface area contributed by atoms with Gasteiger partial charge in [-0.1, -0.05) is 48.6 Å². The Labute approximate surface area is 358 Å². The van der Waals surface area contributed by atoms with Crippen molar-refractivity contribution < 1.29 is 28.8 Å². The molecule has 6 heterocycles. The molecule has 6 amide bonds. The Bertz CT molecular complexity index is 2050. The SMILES string of the molecule is O=C(Nc1ccc(/C=C/c2ccc(NC(=O)[C@@H]3CCCN3C(=O)C3CC(=O)N(CCc4cccs4)C3)cc2)cc1)[C@@H]1CCCN1C(=O)C1CC(=O)N(CCc2cccs2)C1. The van der Waals surface area contributed by atoms with Crippen LogP contribution in [-0.2, 0) is 41.6 Å². The van der Waals surface area contributed by atoms with Gasteiger partial charge in [0.2, 0.25) is 35.4 Å². The number of rotatable bonds is 14. The Morgan fingerprint density at radius 2 is 1.02 bits per heavy atom. The van der Waals surface area contributed by atoms with Crippen LogP contribution in [0.2, 0.25) is 0 Å². The number of hydrogen-bond acceptors (Lipinski definition) is 8. The summed E-state index contributed by atoms with van der Waals surface area (Å²) in [5, 5.41) is 10.0. The van der Waals surface area contributed by atoms with Gasteiger partial charge in [0.15, 0.2) is 0 Å². The van der Waals surface area contributed by atoms with Gasteiger partial charge in [0.1, 0.15) is 12.1 Å². The first-order valence-corrected chi connectivity index (χ1v) is 22.7. The Morgan fingerprint density at radius 3 is 1.40 bits per heavy atom. The number of amides is 6. The van der Waals surface area contributed by atoms with Crippen LogP contribution < -0.4 is 10.6 Å². The highest BCUT2D eigenvalue weighted by atomic mass is 32.1. The second-order valence-electron chi connectivity index (χ2n) is 16.1. The lowest BCUT2D eigenvalue weighted by Crippen LogP contribution is -2.46. The third-order valence-electron chi connectivity index (χ3n) is 12.0. The first kappa shape index (κ1) is 41.1. The Kier molecular flexibility index (Phi) is 12.9. The van der Waals surface area contributed by atoms with E-state index in [1.807, 2.05) is 83.6 Å². The van der Waals surface area contributed by atoms with Gasteiger partial charge < -0.3 is 30.2 Å². The predicted molar refractivity (Wildman–Crippen MR) is 234 cm³/mol. The minimum Gasteiger partial charge on any atom is -0.342 e. The summed E-state index contributed by atoms with van der Waals surface area (Å²) in [4.78, 5) is 88.6. The number of anilines is 2. The van der Waals surface area contributed by atoms with E-state index in [1.165, 1.54) is 9.75 Å². The van der Waals surface area contributed by atoms with Gasteiger partial charge in [-0.2, -0.15) is 0 Å². The van der Waals surface area contributed by atoms with Crippen molar-refractivity contribution in [2.24, 2.45) is 11.8 Å². The zero-order chi connectivity index (χ0) is 41.6. The van der Waals surface area contributed by atoms with Gasteiger partial charge in [0.05, 0.1) is 11.8 Å². The zero-order valence-electron chi connectivity index (χ0n) is 33.5. The van der Waals surface area contributed by atoms with Crippen molar-refractivity contribution in [1.29, 1.82) is 0 Å². The maximum Gasteiger partial charge on any atom is 0.247 e. The predicted octanol–water partition coefficient (Wildman–Crippen LogP) is 6.02. The summed E-state index contributed by atoms with van der Waals surface area (Å²) in [7, 11) is 0. The number of hydrogen-bond donors (Lipinski definition) is 2. The standard InChI is InChI=1S/C46H50N6O6S2/c53-41-27-33(29-49(41)23-19-37-5-3-25-59-37)45(57)51-21-1-7-39(51)43(55)47-35-15-11-31(12-16-35)9-10-32-13-17-36(18-14-32)48-44(56)40-8-2-22-52(40)46(58)34-28-42(54)50(30-34)24-20-38-6-4-26-60-38/h3-6,9-18,25-26,33-34,39-40H,1-2,7-8,19-24,27-30H2,(H,47,55)(H,48,56)/b10-9+/t33?,34?,39-,40-/m0/s1. The van der Waals surface area contributed by atoms with Crippen LogP contribution in [0.4, 0.5) is 11.4 Å². The van der Waals surface area contributed by atoms with Crippen LogP contribution in [0.5, 0.6) is 0 Å². The second-order valence-corrected chi connectivity index (χ2v) is 18.1. The van der Waals surface area contributed by atoms with E-state index in [1.54, 1.807) is 42.3 Å². The highest BCUT2D eigenvalue weighted by Crippen LogP contribution is 2.29. The summed E-state index contributed by atoms with van der Waals surface area (Å²) in [6.07, 6.45) is 8.50. The van der Waals surface area contributed by atoms with Gasteiger partial charge >= 0.3 is 0 Å². The molecule has 2 N–H and O–H groups in total. The number of carbonyl (C=O) groups is 6. The zero-order valence-corrected chi connectivity index (χ0v) is 35.1. The number of carbonyl (C=O) groups excluding carboxylic acids is 6. The molecule has 0 bridgehead atoms. The van der Waals surface area contributed by atoms with Crippen LogP contribution in [0.1, 0.15) is 59.4 Å². The highest BCUT2D eigenvalue weighted by molar-refractivity contribution is 7.10. The van der Waals surface area contributed by atoms with E-state index >= 15 is 0 Å². The van der Waals surface area contributed by atoms with E-state index in [-0.39, 0.29) is 48.3 Å². The number of thiophene rings is 2. The number of nitrogens with one attached hydrogen (secondary N) is 2. The van der Waals surface area contributed by atoms with Crippen LogP contribution in [0.15, 0.2) is 83.6 Å². The molecular formula is C46H50N6O6S2. The van der Waals surface area contributed by atoms with E-state index in [0.29, 0.717) is 63.5 Å². The Hall–Kier alpha value is -5.60. The van der Waals surface area contributed by atoms with Gasteiger partial charge in [-0.25, -0.2) is 0 Å². The van der Waals surface area contributed by atoms with E-state index in [2.05, 4.69) is 22.8 Å². The molecular weight excluding hydrogens is 797 g/mol. The number of likely N-dealkylation sites (tertiary alicyclic amines) is 4. The van der Waals surface area contributed by atoms with Crippen molar-refractivity contribution in [2.45, 2.75) is 63.5 Å². The normalized spacial score (nSPS) is 21.7. The van der Waals surface area contributed by atoms with Crippen LogP contribution in [-0.4, -0.2) is 106 Å². The van der Waals surface area contributed by atoms with Gasteiger partial charge in [-0.3, -0.25) is 28.8 Å². The summed E-state index contributed by atoms with van der Waals surface area (Å²) in [6, 6.07) is 21.9.